The van der Waals surface area contributed by atoms with E-state index in [9.17, 15) is 19.2 Å². The van der Waals surface area contributed by atoms with Crippen molar-refractivity contribution < 1.29 is 28.7 Å². The van der Waals surface area contributed by atoms with Gasteiger partial charge in [0.2, 0.25) is 17.7 Å². The van der Waals surface area contributed by atoms with Crippen molar-refractivity contribution >= 4 is 23.5 Å². The monoisotopic (exact) mass is 372 g/mol. The number of ether oxygens (including phenoxy) is 2. The number of hydrogen-bond donors (Lipinski definition) is 1. The SMILES string of the molecule is CC(=O)COCCOCCNC(=O)CCN1C(=O)CC(C)C1=O.CCC. The first-order valence-corrected chi connectivity index (χ1v) is 9.09. The Labute approximate surface area is 155 Å². The molecule has 1 saturated heterocycles. The van der Waals surface area contributed by atoms with E-state index in [1.165, 1.54) is 13.3 Å². The first-order valence-electron chi connectivity index (χ1n) is 9.09. The quantitative estimate of drug-likeness (QED) is 0.427. The lowest BCUT2D eigenvalue weighted by Crippen LogP contribution is -2.35. The number of likely N-dealkylation sites (tertiary alicyclic amines) is 1. The maximum absolute atomic E-state index is 11.7. The van der Waals surface area contributed by atoms with E-state index < -0.39 is 0 Å². The lowest BCUT2D eigenvalue weighted by Gasteiger charge is -2.14. The van der Waals surface area contributed by atoms with Crippen LogP contribution in [0.3, 0.4) is 0 Å². The molecule has 0 spiro atoms. The molecular weight excluding hydrogens is 340 g/mol. The van der Waals surface area contributed by atoms with Gasteiger partial charge < -0.3 is 14.8 Å². The third-order valence-electron chi connectivity index (χ3n) is 3.28. The second kappa shape index (κ2) is 14.4. The molecule has 8 nitrogen and oxygen atoms in total. The van der Waals surface area contributed by atoms with E-state index in [-0.39, 0.29) is 55.4 Å². The van der Waals surface area contributed by atoms with Crippen molar-refractivity contribution in [3.8, 4) is 0 Å². The average Bonchev–Trinajstić information content (AvgIpc) is 2.81. The second-order valence-corrected chi connectivity index (χ2v) is 6.16. The summed E-state index contributed by atoms with van der Waals surface area (Å²) in [7, 11) is 0. The highest BCUT2D eigenvalue weighted by atomic mass is 16.5. The van der Waals surface area contributed by atoms with Crippen molar-refractivity contribution in [1.29, 1.82) is 0 Å². The van der Waals surface area contributed by atoms with Crippen LogP contribution in [0.5, 0.6) is 0 Å². The van der Waals surface area contributed by atoms with Gasteiger partial charge in [0.1, 0.15) is 6.61 Å². The van der Waals surface area contributed by atoms with Crippen LogP contribution in [-0.4, -0.2) is 67.9 Å². The molecule has 1 aliphatic rings. The number of imide groups is 1. The smallest absolute Gasteiger partial charge is 0.232 e. The zero-order valence-electron chi connectivity index (χ0n) is 16.3. The Hall–Kier alpha value is -1.80. The topological polar surface area (TPSA) is 102 Å². The molecule has 0 aliphatic carbocycles. The standard InChI is InChI=1S/C15H24N2O6.C3H8/c1-11-9-14(20)17(15(11)21)5-3-13(19)16-4-6-22-7-8-23-10-12(2)18;1-3-2/h11H,3-10H2,1-2H3,(H,16,19);3H2,1-2H3. The molecular formula is C18H32N2O6. The number of rotatable bonds is 11. The van der Waals surface area contributed by atoms with Crippen LogP contribution in [0.15, 0.2) is 0 Å². The van der Waals surface area contributed by atoms with Crippen LogP contribution < -0.4 is 5.32 Å². The van der Waals surface area contributed by atoms with Crippen molar-refractivity contribution in [2.75, 3.05) is 39.5 Å². The number of carbonyl (C=O) groups is 4. The Morgan fingerprint density at radius 1 is 1.15 bits per heavy atom. The van der Waals surface area contributed by atoms with Crippen LogP contribution in [0.4, 0.5) is 0 Å². The van der Waals surface area contributed by atoms with E-state index in [0.29, 0.717) is 26.4 Å². The summed E-state index contributed by atoms with van der Waals surface area (Å²) in [5.41, 5.74) is 0. The molecule has 0 aromatic heterocycles. The van der Waals surface area contributed by atoms with E-state index >= 15 is 0 Å². The van der Waals surface area contributed by atoms with Crippen LogP contribution >= 0.6 is 0 Å². The normalized spacial score (nSPS) is 16.3. The zero-order valence-corrected chi connectivity index (χ0v) is 16.3. The van der Waals surface area contributed by atoms with Crippen molar-refractivity contribution in [2.45, 2.75) is 47.0 Å². The van der Waals surface area contributed by atoms with E-state index in [1.807, 2.05) is 0 Å². The minimum absolute atomic E-state index is 0.0402. The first kappa shape index (κ1) is 24.2. The molecule has 0 aromatic carbocycles. The van der Waals surface area contributed by atoms with E-state index in [2.05, 4.69) is 19.2 Å². The van der Waals surface area contributed by atoms with E-state index in [4.69, 9.17) is 9.47 Å². The molecule has 1 unspecified atom stereocenters. The van der Waals surface area contributed by atoms with Gasteiger partial charge in [-0.05, 0) is 6.92 Å². The molecule has 0 aromatic rings. The molecule has 0 bridgehead atoms. The lowest BCUT2D eigenvalue weighted by atomic mass is 10.1. The Kier molecular flexibility index (Phi) is 13.4. The van der Waals surface area contributed by atoms with Gasteiger partial charge in [-0.3, -0.25) is 24.1 Å². The van der Waals surface area contributed by atoms with Gasteiger partial charge in [-0.25, -0.2) is 0 Å². The molecule has 1 fully saturated rings. The van der Waals surface area contributed by atoms with Crippen LogP contribution in [0.2, 0.25) is 0 Å². The average molecular weight is 372 g/mol. The van der Waals surface area contributed by atoms with Gasteiger partial charge in [-0.1, -0.05) is 27.2 Å². The molecule has 26 heavy (non-hydrogen) atoms. The van der Waals surface area contributed by atoms with Gasteiger partial charge in [0.05, 0.1) is 19.8 Å². The van der Waals surface area contributed by atoms with Crippen LogP contribution in [0, 0.1) is 5.92 Å². The number of hydrogen-bond acceptors (Lipinski definition) is 6. The Morgan fingerprint density at radius 2 is 1.77 bits per heavy atom. The molecule has 0 radical (unpaired) electrons. The summed E-state index contributed by atoms with van der Waals surface area (Å²) in [4.78, 5) is 46.6. The predicted molar refractivity (Wildman–Crippen MR) is 96.4 cm³/mol. The molecule has 1 rings (SSSR count). The van der Waals surface area contributed by atoms with Gasteiger partial charge in [-0.15, -0.1) is 0 Å². The minimum atomic E-state index is -0.288. The Morgan fingerprint density at radius 3 is 2.31 bits per heavy atom. The first-order chi connectivity index (χ1) is 12.3. The number of nitrogens with zero attached hydrogens (tertiary/aromatic N) is 1. The fourth-order valence-corrected chi connectivity index (χ4v) is 2.08. The third-order valence-corrected chi connectivity index (χ3v) is 3.28. The molecule has 1 aliphatic heterocycles. The maximum Gasteiger partial charge on any atom is 0.232 e. The summed E-state index contributed by atoms with van der Waals surface area (Å²) < 4.78 is 10.2. The fraction of sp³-hybridized carbons (Fsp3) is 0.778. The molecule has 150 valence electrons. The maximum atomic E-state index is 11.7. The van der Waals surface area contributed by atoms with Crippen molar-refractivity contribution in [3.05, 3.63) is 0 Å². The summed E-state index contributed by atoms with van der Waals surface area (Å²) in [6.07, 6.45) is 1.56. The van der Waals surface area contributed by atoms with Crippen LogP contribution in [0.1, 0.15) is 47.0 Å². The fourth-order valence-electron chi connectivity index (χ4n) is 2.08. The van der Waals surface area contributed by atoms with Crippen LogP contribution in [0.25, 0.3) is 0 Å². The number of ketones is 1. The summed E-state index contributed by atoms with van der Waals surface area (Å²) in [6.45, 7) is 8.93. The summed E-state index contributed by atoms with van der Waals surface area (Å²) in [5.74, 6) is -0.992. The summed E-state index contributed by atoms with van der Waals surface area (Å²) >= 11 is 0. The van der Waals surface area contributed by atoms with Crippen molar-refractivity contribution in [1.82, 2.24) is 10.2 Å². The Bertz CT molecular complexity index is 467. The molecule has 1 atom stereocenters. The number of Topliss-reactive ketones (excluding diaryl/α,β-unsaturated/α-hetero) is 1. The number of nitrogens with one attached hydrogen (secondary N) is 1. The Balaban J connectivity index is 0.00000194. The van der Waals surface area contributed by atoms with Gasteiger partial charge in [0, 0.05) is 31.8 Å². The highest BCUT2D eigenvalue weighted by Gasteiger charge is 2.35. The predicted octanol–water partition coefficient (Wildman–Crippen LogP) is 0.926. The minimum Gasteiger partial charge on any atom is -0.377 e. The molecule has 1 heterocycles. The highest BCUT2D eigenvalue weighted by Crippen LogP contribution is 2.18. The van der Waals surface area contributed by atoms with Gasteiger partial charge >= 0.3 is 0 Å². The summed E-state index contributed by atoms with van der Waals surface area (Å²) in [5, 5.41) is 2.65. The third kappa shape index (κ3) is 10.9. The van der Waals surface area contributed by atoms with Crippen molar-refractivity contribution in [3.63, 3.8) is 0 Å². The molecule has 8 heteroatoms. The largest absolute Gasteiger partial charge is 0.377 e. The van der Waals surface area contributed by atoms with Crippen LogP contribution in [-0.2, 0) is 28.7 Å². The zero-order chi connectivity index (χ0) is 19.9. The molecule has 0 saturated carbocycles. The van der Waals surface area contributed by atoms with E-state index in [0.717, 1.165) is 4.90 Å². The number of carbonyl (C=O) groups excluding carboxylic acids is 4. The lowest BCUT2D eigenvalue weighted by molar-refractivity contribution is -0.139. The highest BCUT2D eigenvalue weighted by molar-refractivity contribution is 6.03. The van der Waals surface area contributed by atoms with Gasteiger partial charge in [0.15, 0.2) is 5.78 Å². The van der Waals surface area contributed by atoms with Gasteiger partial charge in [-0.2, -0.15) is 0 Å². The molecule has 3 amide bonds. The van der Waals surface area contributed by atoms with Crippen molar-refractivity contribution in [2.24, 2.45) is 5.92 Å². The second-order valence-electron chi connectivity index (χ2n) is 6.16. The van der Waals surface area contributed by atoms with E-state index in [1.54, 1.807) is 6.92 Å². The summed E-state index contributed by atoms with van der Waals surface area (Å²) in [6, 6.07) is 0. The van der Waals surface area contributed by atoms with Gasteiger partial charge in [0.25, 0.3) is 0 Å². The molecule has 1 N–H and O–H groups in total. The number of amides is 3.